The van der Waals surface area contributed by atoms with E-state index in [-0.39, 0.29) is 11.1 Å². The van der Waals surface area contributed by atoms with Gasteiger partial charge in [0.05, 0.1) is 5.69 Å². The Labute approximate surface area is 118 Å². The highest BCUT2D eigenvalue weighted by atomic mass is 16.3. The van der Waals surface area contributed by atoms with E-state index < -0.39 is 5.60 Å². The van der Waals surface area contributed by atoms with E-state index in [9.17, 15) is 9.90 Å². The van der Waals surface area contributed by atoms with Gasteiger partial charge in [0.15, 0.2) is 0 Å². The molecule has 20 heavy (non-hydrogen) atoms. The van der Waals surface area contributed by atoms with Crippen molar-refractivity contribution in [1.82, 2.24) is 9.78 Å². The molecule has 1 heterocycles. The Morgan fingerprint density at radius 3 is 2.20 bits per heavy atom. The second-order valence-corrected chi connectivity index (χ2v) is 5.71. The summed E-state index contributed by atoms with van der Waals surface area (Å²) in [5.41, 5.74) is 2.51. The number of nitrogens with zero attached hydrogens (tertiary/aromatic N) is 2. The van der Waals surface area contributed by atoms with Crippen LogP contribution in [-0.4, -0.2) is 14.9 Å². The topological polar surface area (TPSA) is 55.1 Å². The van der Waals surface area contributed by atoms with Crippen LogP contribution in [0.1, 0.15) is 36.4 Å². The standard InChI is InChI=1S/C16H20N2O2/c1-10-7-6-8-11(2)14(10)18-12(3)9-13(19)15(17-18)16(4,5)20/h6-9,20H,1-5H3. The Kier molecular flexibility index (Phi) is 3.52. The molecule has 0 unspecified atom stereocenters. The summed E-state index contributed by atoms with van der Waals surface area (Å²) in [6.45, 7) is 8.99. The molecule has 0 atom stereocenters. The molecule has 0 radical (unpaired) electrons. The second kappa shape index (κ2) is 4.87. The highest BCUT2D eigenvalue weighted by molar-refractivity contribution is 5.47. The lowest BCUT2D eigenvalue weighted by atomic mass is 10.0. The lowest BCUT2D eigenvalue weighted by molar-refractivity contribution is 0.0709. The van der Waals surface area contributed by atoms with Crippen molar-refractivity contribution >= 4 is 0 Å². The second-order valence-electron chi connectivity index (χ2n) is 5.71. The van der Waals surface area contributed by atoms with Crippen LogP contribution in [0.4, 0.5) is 0 Å². The van der Waals surface area contributed by atoms with Crippen molar-refractivity contribution in [2.45, 2.75) is 40.2 Å². The van der Waals surface area contributed by atoms with Gasteiger partial charge in [-0.3, -0.25) is 4.79 Å². The van der Waals surface area contributed by atoms with Gasteiger partial charge >= 0.3 is 0 Å². The molecule has 4 heteroatoms. The van der Waals surface area contributed by atoms with Gasteiger partial charge in [-0.1, -0.05) is 18.2 Å². The van der Waals surface area contributed by atoms with Crippen LogP contribution in [-0.2, 0) is 5.60 Å². The maximum absolute atomic E-state index is 12.0. The van der Waals surface area contributed by atoms with Crippen LogP contribution in [0.25, 0.3) is 5.69 Å². The fourth-order valence-corrected chi connectivity index (χ4v) is 2.34. The third-order valence-corrected chi connectivity index (χ3v) is 3.34. The number of benzene rings is 1. The molecule has 1 aromatic carbocycles. The fourth-order valence-electron chi connectivity index (χ4n) is 2.34. The largest absolute Gasteiger partial charge is 0.384 e. The number of hydrogen-bond donors (Lipinski definition) is 1. The smallest absolute Gasteiger partial charge is 0.206 e. The van der Waals surface area contributed by atoms with Crippen molar-refractivity contribution in [1.29, 1.82) is 0 Å². The summed E-state index contributed by atoms with van der Waals surface area (Å²) in [6, 6.07) is 7.52. The fraction of sp³-hybridized carbons (Fsp3) is 0.375. The van der Waals surface area contributed by atoms with Crippen LogP contribution in [0, 0.1) is 20.8 Å². The van der Waals surface area contributed by atoms with Crippen LogP contribution < -0.4 is 5.43 Å². The first kappa shape index (κ1) is 14.5. The first-order valence-electron chi connectivity index (χ1n) is 6.62. The van der Waals surface area contributed by atoms with E-state index in [2.05, 4.69) is 5.10 Å². The molecular weight excluding hydrogens is 252 g/mol. The Morgan fingerprint density at radius 1 is 1.15 bits per heavy atom. The molecule has 1 N–H and O–H groups in total. The predicted molar refractivity (Wildman–Crippen MR) is 79.3 cm³/mol. The SMILES string of the molecule is Cc1cccc(C)c1-n1nc(C(C)(C)O)c(=O)cc1C. The summed E-state index contributed by atoms with van der Waals surface area (Å²) >= 11 is 0. The lowest BCUT2D eigenvalue weighted by Crippen LogP contribution is -2.30. The number of aryl methyl sites for hydroxylation is 3. The molecule has 0 amide bonds. The average Bonchev–Trinajstić information content (AvgIpc) is 2.29. The predicted octanol–water partition coefficient (Wildman–Crippen LogP) is 2.39. The number of rotatable bonds is 2. The van der Waals surface area contributed by atoms with E-state index in [0.717, 1.165) is 22.5 Å². The Hall–Kier alpha value is -1.94. The van der Waals surface area contributed by atoms with Gasteiger partial charge in [0.25, 0.3) is 0 Å². The minimum absolute atomic E-state index is 0.158. The van der Waals surface area contributed by atoms with Gasteiger partial charge in [-0.2, -0.15) is 5.10 Å². The van der Waals surface area contributed by atoms with Crippen molar-refractivity contribution in [2.75, 3.05) is 0 Å². The van der Waals surface area contributed by atoms with Gasteiger partial charge in [0, 0.05) is 11.8 Å². The van der Waals surface area contributed by atoms with Crippen LogP contribution in [0.15, 0.2) is 29.1 Å². The number of para-hydroxylation sites is 1. The Morgan fingerprint density at radius 2 is 1.70 bits per heavy atom. The van der Waals surface area contributed by atoms with Gasteiger partial charge < -0.3 is 5.11 Å². The van der Waals surface area contributed by atoms with E-state index in [1.54, 1.807) is 18.5 Å². The molecule has 2 rings (SSSR count). The minimum Gasteiger partial charge on any atom is -0.384 e. The highest BCUT2D eigenvalue weighted by Crippen LogP contribution is 2.20. The maximum atomic E-state index is 12.0. The van der Waals surface area contributed by atoms with E-state index in [1.165, 1.54) is 6.07 Å². The quantitative estimate of drug-likeness (QED) is 0.913. The third-order valence-electron chi connectivity index (χ3n) is 3.34. The summed E-state index contributed by atoms with van der Waals surface area (Å²) in [4.78, 5) is 12.0. The molecule has 0 aliphatic rings. The van der Waals surface area contributed by atoms with E-state index in [4.69, 9.17) is 0 Å². The number of aromatic nitrogens is 2. The first-order valence-corrected chi connectivity index (χ1v) is 6.62. The van der Waals surface area contributed by atoms with Crippen LogP contribution in [0.2, 0.25) is 0 Å². The van der Waals surface area contributed by atoms with Gasteiger partial charge in [-0.05, 0) is 45.7 Å². The zero-order valence-corrected chi connectivity index (χ0v) is 12.6. The zero-order valence-electron chi connectivity index (χ0n) is 12.6. The number of aliphatic hydroxyl groups is 1. The lowest BCUT2D eigenvalue weighted by Gasteiger charge is -2.20. The molecule has 0 saturated carbocycles. The molecule has 106 valence electrons. The van der Waals surface area contributed by atoms with Crippen molar-refractivity contribution in [2.24, 2.45) is 0 Å². The summed E-state index contributed by atoms with van der Waals surface area (Å²) in [6.07, 6.45) is 0. The highest BCUT2D eigenvalue weighted by Gasteiger charge is 2.23. The normalized spacial score (nSPS) is 11.7. The molecule has 0 bridgehead atoms. The molecule has 0 aliphatic heterocycles. The van der Waals surface area contributed by atoms with Gasteiger partial charge in [-0.15, -0.1) is 0 Å². The van der Waals surface area contributed by atoms with Crippen molar-refractivity contribution in [3.63, 3.8) is 0 Å². The van der Waals surface area contributed by atoms with Crippen LogP contribution >= 0.6 is 0 Å². The minimum atomic E-state index is -1.26. The molecule has 0 fully saturated rings. The molecule has 2 aromatic rings. The van der Waals surface area contributed by atoms with Gasteiger partial charge in [0.2, 0.25) is 5.43 Å². The molecular formula is C16H20N2O2. The molecule has 4 nitrogen and oxygen atoms in total. The van der Waals surface area contributed by atoms with Crippen molar-refractivity contribution in [3.8, 4) is 5.69 Å². The van der Waals surface area contributed by atoms with Gasteiger partial charge in [-0.25, -0.2) is 4.68 Å². The maximum Gasteiger partial charge on any atom is 0.206 e. The number of hydrogen-bond acceptors (Lipinski definition) is 3. The average molecular weight is 272 g/mol. The summed E-state index contributed by atoms with van der Waals surface area (Å²) in [7, 11) is 0. The monoisotopic (exact) mass is 272 g/mol. The van der Waals surface area contributed by atoms with E-state index in [0.29, 0.717) is 0 Å². The van der Waals surface area contributed by atoms with Gasteiger partial charge in [0.1, 0.15) is 11.3 Å². The van der Waals surface area contributed by atoms with Crippen molar-refractivity contribution < 1.29 is 5.11 Å². The molecule has 1 aromatic heterocycles. The molecule has 0 aliphatic carbocycles. The Balaban J connectivity index is 2.79. The van der Waals surface area contributed by atoms with E-state index >= 15 is 0 Å². The van der Waals surface area contributed by atoms with Crippen LogP contribution in [0.5, 0.6) is 0 Å². The summed E-state index contributed by atoms with van der Waals surface area (Å²) in [5, 5.41) is 14.5. The van der Waals surface area contributed by atoms with E-state index in [1.807, 2.05) is 39.0 Å². The summed E-state index contributed by atoms with van der Waals surface area (Å²) in [5.74, 6) is 0. The Bertz CT molecular complexity index is 689. The molecule has 0 spiro atoms. The summed E-state index contributed by atoms with van der Waals surface area (Å²) < 4.78 is 1.74. The molecule has 0 saturated heterocycles. The van der Waals surface area contributed by atoms with Crippen LogP contribution in [0.3, 0.4) is 0 Å². The van der Waals surface area contributed by atoms with Crippen molar-refractivity contribution in [3.05, 3.63) is 57.0 Å². The zero-order chi connectivity index (χ0) is 15.1. The third kappa shape index (κ3) is 2.51. The first-order chi connectivity index (χ1) is 9.21.